The van der Waals surface area contributed by atoms with Crippen molar-refractivity contribution in [2.24, 2.45) is 5.41 Å². The van der Waals surface area contributed by atoms with Crippen LogP contribution in [0.4, 0.5) is 5.69 Å². The van der Waals surface area contributed by atoms with Crippen LogP contribution in [0.1, 0.15) is 57.8 Å². The number of rotatable bonds is 3. The SMILES string of the molecule is COc1ccc(N2C(=O)C3(CCCCC3)C2C(=O)N2CCCCCC2)cc1. The Morgan fingerprint density at radius 1 is 0.963 bits per heavy atom. The lowest BCUT2D eigenvalue weighted by molar-refractivity contribution is -0.155. The Morgan fingerprint density at radius 3 is 2.15 bits per heavy atom. The molecule has 1 aliphatic carbocycles. The highest BCUT2D eigenvalue weighted by molar-refractivity contribution is 6.14. The fourth-order valence-electron chi connectivity index (χ4n) is 5.15. The smallest absolute Gasteiger partial charge is 0.246 e. The van der Waals surface area contributed by atoms with Gasteiger partial charge in [0, 0.05) is 18.8 Å². The van der Waals surface area contributed by atoms with Gasteiger partial charge in [-0.15, -0.1) is 0 Å². The van der Waals surface area contributed by atoms with Crippen LogP contribution >= 0.6 is 0 Å². The van der Waals surface area contributed by atoms with Crippen molar-refractivity contribution in [3.8, 4) is 5.75 Å². The molecule has 1 atom stereocenters. The number of hydrogen-bond acceptors (Lipinski definition) is 3. The zero-order chi connectivity index (χ0) is 18.9. The van der Waals surface area contributed by atoms with Crippen LogP contribution in [0, 0.1) is 5.41 Å². The number of ether oxygens (including phenoxy) is 1. The average molecular weight is 370 g/mol. The summed E-state index contributed by atoms with van der Waals surface area (Å²) < 4.78 is 5.24. The van der Waals surface area contributed by atoms with Gasteiger partial charge in [-0.2, -0.15) is 0 Å². The maximum Gasteiger partial charge on any atom is 0.246 e. The number of nitrogens with zero attached hydrogens (tertiary/aromatic N) is 2. The molecule has 2 saturated heterocycles. The van der Waals surface area contributed by atoms with Crippen LogP contribution in [-0.2, 0) is 9.59 Å². The first-order valence-electron chi connectivity index (χ1n) is 10.4. The molecule has 1 saturated carbocycles. The normalized spacial score (nSPS) is 25.1. The second kappa shape index (κ2) is 7.53. The second-order valence-electron chi connectivity index (χ2n) is 8.23. The molecule has 4 rings (SSSR count). The van der Waals surface area contributed by atoms with Crippen LogP contribution in [-0.4, -0.2) is 43.0 Å². The summed E-state index contributed by atoms with van der Waals surface area (Å²) in [5.74, 6) is 1.06. The first-order valence-corrected chi connectivity index (χ1v) is 10.4. The quantitative estimate of drug-likeness (QED) is 0.761. The molecule has 1 unspecified atom stereocenters. The number of methoxy groups -OCH3 is 1. The third kappa shape index (κ3) is 3.11. The number of amides is 2. The van der Waals surface area contributed by atoms with E-state index in [-0.39, 0.29) is 17.9 Å². The Labute approximate surface area is 161 Å². The number of carbonyl (C=O) groups excluding carboxylic acids is 2. The van der Waals surface area contributed by atoms with Gasteiger partial charge in [0.2, 0.25) is 11.8 Å². The molecule has 27 heavy (non-hydrogen) atoms. The molecule has 2 aliphatic heterocycles. The summed E-state index contributed by atoms with van der Waals surface area (Å²) in [4.78, 5) is 30.6. The summed E-state index contributed by atoms with van der Waals surface area (Å²) in [5.41, 5.74) is 0.340. The summed E-state index contributed by atoms with van der Waals surface area (Å²) in [7, 11) is 1.63. The molecular weight excluding hydrogens is 340 g/mol. The third-order valence-electron chi connectivity index (χ3n) is 6.67. The molecule has 146 valence electrons. The lowest BCUT2D eigenvalue weighted by Gasteiger charge is -2.57. The van der Waals surface area contributed by atoms with E-state index in [9.17, 15) is 9.59 Å². The minimum atomic E-state index is -0.471. The molecule has 0 bridgehead atoms. The molecule has 0 N–H and O–H groups in total. The van der Waals surface area contributed by atoms with E-state index >= 15 is 0 Å². The van der Waals surface area contributed by atoms with E-state index in [1.165, 1.54) is 19.3 Å². The third-order valence-corrected chi connectivity index (χ3v) is 6.67. The van der Waals surface area contributed by atoms with Gasteiger partial charge in [-0.3, -0.25) is 14.5 Å². The average Bonchev–Trinajstić information content (AvgIpc) is 3.01. The van der Waals surface area contributed by atoms with Crippen LogP contribution in [0.25, 0.3) is 0 Å². The van der Waals surface area contributed by atoms with E-state index in [0.29, 0.717) is 0 Å². The lowest BCUT2D eigenvalue weighted by atomic mass is 9.61. The maximum atomic E-state index is 13.6. The van der Waals surface area contributed by atoms with Crippen LogP contribution in [0.3, 0.4) is 0 Å². The largest absolute Gasteiger partial charge is 0.497 e. The first-order chi connectivity index (χ1) is 13.2. The van der Waals surface area contributed by atoms with Gasteiger partial charge in [-0.05, 0) is 49.9 Å². The van der Waals surface area contributed by atoms with Gasteiger partial charge in [0.15, 0.2) is 0 Å². The molecule has 2 amide bonds. The lowest BCUT2D eigenvalue weighted by Crippen LogP contribution is -2.74. The standard InChI is InChI=1S/C22H30N2O3/c1-27-18-11-9-17(10-12-18)24-19(20(25)23-15-7-2-3-8-16-23)22(21(24)26)13-5-4-6-14-22/h9-12,19H,2-8,13-16H2,1H3. The molecule has 3 aliphatic rings. The summed E-state index contributed by atoms with van der Waals surface area (Å²) in [6.07, 6.45) is 9.50. The van der Waals surface area contributed by atoms with Crippen molar-refractivity contribution >= 4 is 17.5 Å². The van der Waals surface area contributed by atoms with Crippen molar-refractivity contribution in [1.29, 1.82) is 0 Å². The van der Waals surface area contributed by atoms with E-state index in [2.05, 4.69) is 0 Å². The topological polar surface area (TPSA) is 49.9 Å². The maximum absolute atomic E-state index is 13.6. The Hall–Kier alpha value is -2.04. The van der Waals surface area contributed by atoms with Gasteiger partial charge in [0.25, 0.3) is 0 Å². The predicted octanol–water partition coefficient (Wildman–Crippen LogP) is 3.76. The second-order valence-corrected chi connectivity index (χ2v) is 8.23. The van der Waals surface area contributed by atoms with Crippen LogP contribution < -0.4 is 9.64 Å². The molecule has 2 heterocycles. The fraction of sp³-hybridized carbons (Fsp3) is 0.636. The number of carbonyl (C=O) groups is 2. The van der Waals surface area contributed by atoms with Gasteiger partial charge < -0.3 is 9.64 Å². The molecule has 1 aromatic carbocycles. The molecule has 1 aromatic rings. The van der Waals surface area contributed by atoms with E-state index in [0.717, 1.165) is 63.1 Å². The van der Waals surface area contributed by atoms with Gasteiger partial charge in [-0.1, -0.05) is 32.1 Å². The summed E-state index contributed by atoms with van der Waals surface area (Å²) in [6.45, 7) is 1.66. The Bertz CT molecular complexity index is 686. The van der Waals surface area contributed by atoms with E-state index in [1.54, 1.807) is 12.0 Å². The van der Waals surface area contributed by atoms with Crippen molar-refractivity contribution in [3.63, 3.8) is 0 Å². The fourth-order valence-corrected chi connectivity index (χ4v) is 5.15. The number of benzene rings is 1. The first kappa shape index (κ1) is 18.3. The van der Waals surface area contributed by atoms with Gasteiger partial charge in [-0.25, -0.2) is 0 Å². The van der Waals surface area contributed by atoms with E-state index in [4.69, 9.17) is 4.74 Å². The highest BCUT2D eigenvalue weighted by Gasteiger charge is 2.64. The van der Waals surface area contributed by atoms with Crippen molar-refractivity contribution in [2.45, 2.75) is 63.8 Å². The zero-order valence-electron chi connectivity index (χ0n) is 16.3. The van der Waals surface area contributed by atoms with Crippen molar-refractivity contribution < 1.29 is 14.3 Å². The number of likely N-dealkylation sites (tertiary alicyclic amines) is 1. The number of anilines is 1. The molecule has 1 spiro atoms. The minimum absolute atomic E-state index is 0.139. The number of hydrogen-bond donors (Lipinski definition) is 0. The van der Waals surface area contributed by atoms with E-state index < -0.39 is 5.41 Å². The summed E-state index contributed by atoms with van der Waals surface area (Å²) in [5, 5.41) is 0. The van der Waals surface area contributed by atoms with Crippen LogP contribution in [0.15, 0.2) is 24.3 Å². The van der Waals surface area contributed by atoms with Crippen molar-refractivity contribution in [3.05, 3.63) is 24.3 Å². The molecule has 0 aromatic heterocycles. The van der Waals surface area contributed by atoms with Crippen molar-refractivity contribution in [2.75, 3.05) is 25.1 Å². The summed E-state index contributed by atoms with van der Waals surface area (Å²) >= 11 is 0. The minimum Gasteiger partial charge on any atom is -0.497 e. The van der Waals surface area contributed by atoms with Gasteiger partial charge in [0.1, 0.15) is 11.8 Å². The molecule has 5 heteroatoms. The van der Waals surface area contributed by atoms with E-state index in [1.807, 2.05) is 29.2 Å². The Morgan fingerprint density at radius 2 is 1.56 bits per heavy atom. The monoisotopic (exact) mass is 370 g/mol. The molecule has 3 fully saturated rings. The summed E-state index contributed by atoms with van der Waals surface area (Å²) in [6, 6.07) is 7.19. The van der Waals surface area contributed by atoms with Crippen LogP contribution in [0.2, 0.25) is 0 Å². The highest BCUT2D eigenvalue weighted by Crippen LogP contribution is 2.52. The van der Waals surface area contributed by atoms with Gasteiger partial charge >= 0.3 is 0 Å². The number of β-lactam (4-membered cyclic amide) rings is 1. The van der Waals surface area contributed by atoms with Crippen molar-refractivity contribution in [1.82, 2.24) is 4.90 Å². The Balaban J connectivity index is 1.64. The zero-order valence-corrected chi connectivity index (χ0v) is 16.3. The molecule has 0 radical (unpaired) electrons. The highest BCUT2D eigenvalue weighted by atomic mass is 16.5. The molecule has 5 nitrogen and oxygen atoms in total. The Kier molecular flexibility index (Phi) is 5.11. The predicted molar refractivity (Wildman–Crippen MR) is 105 cm³/mol. The van der Waals surface area contributed by atoms with Gasteiger partial charge in [0.05, 0.1) is 12.5 Å². The molecular formula is C22H30N2O3. The van der Waals surface area contributed by atoms with Crippen LogP contribution in [0.5, 0.6) is 5.75 Å².